The molecule has 5 nitrogen and oxygen atoms in total. The van der Waals surface area contributed by atoms with Gasteiger partial charge in [-0.3, -0.25) is 4.79 Å². The summed E-state index contributed by atoms with van der Waals surface area (Å²) in [5, 5.41) is 4.64. The number of carbonyl (C=O) groups excluding carboxylic acids is 1. The predicted molar refractivity (Wildman–Crippen MR) is 94.8 cm³/mol. The number of benzene rings is 1. The Morgan fingerprint density at radius 3 is 2.88 bits per heavy atom. The van der Waals surface area contributed by atoms with E-state index in [4.69, 9.17) is 0 Å². The van der Waals surface area contributed by atoms with Gasteiger partial charge in [0.2, 0.25) is 5.91 Å². The van der Waals surface area contributed by atoms with Crippen LogP contribution in [0.15, 0.2) is 24.5 Å². The van der Waals surface area contributed by atoms with E-state index in [1.165, 1.54) is 18.4 Å². The Labute approximate surface area is 142 Å². The zero-order valence-electron chi connectivity index (χ0n) is 14.2. The highest BCUT2D eigenvalue weighted by molar-refractivity contribution is 5.91. The maximum absolute atomic E-state index is 12.6. The Bertz CT molecular complexity index is 749. The standard InChI is InChI=1S/C19H24N4O/c1-13-5-4-8-16-17(13)18(21-12-20-16)22-15-9-10-23(11-15)19(24)14-6-2-3-7-14/h4-5,8,12,14-15H,2-3,6-7,9-11H2,1H3,(H,20,21,22). The Kier molecular flexibility index (Phi) is 4.08. The van der Waals surface area contributed by atoms with E-state index >= 15 is 0 Å². The van der Waals surface area contributed by atoms with Crippen molar-refractivity contribution in [1.82, 2.24) is 14.9 Å². The molecule has 1 saturated heterocycles. The highest BCUT2D eigenvalue weighted by atomic mass is 16.2. The molecule has 0 spiro atoms. The van der Waals surface area contributed by atoms with Gasteiger partial charge in [-0.2, -0.15) is 0 Å². The number of anilines is 1. The molecule has 4 rings (SSSR count). The fraction of sp³-hybridized carbons (Fsp3) is 0.526. The molecule has 1 saturated carbocycles. The fourth-order valence-electron chi connectivity index (χ4n) is 4.09. The molecule has 1 aromatic heterocycles. The zero-order valence-corrected chi connectivity index (χ0v) is 14.2. The van der Waals surface area contributed by atoms with Crippen molar-refractivity contribution in [3.8, 4) is 0 Å². The van der Waals surface area contributed by atoms with Gasteiger partial charge < -0.3 is 10.2 Å². The van der Waals surface area contributed by atoms with Gasteiger partial charge in [0.25, 0.3) is 0 Å². The number of nitrogens with one attached hydrogen (secondary N) is 1. The summed E-state index contributed by atoms with van der Waals surface area (Å²) in [6, 6.07) is 6.39. The summed E-state index contributed by atoms with van der Waals surface area (Å²) in [7, 11) is 0. The van der Waals surface area contributed by atoms with Gasteiger partial charge in [-0.05, 0) is 37.8 Å². The first-order chi connectivity index (χ1) is 11.7. The number of aryl methyl sites for hydroxylation is 1. The van der Waals surface area contributed by atoms with Crippen LogP contribution in [0.3, 0.4) is 0 Å². The monoisotopic (exact) mass is 324 g/mol. The summed E-state index contributed by atoms with van der Waals surface area (Å²) in [5.41, 5.74) is 2.14. The first kappa shape index (κ1) is 15.4. The van der Waals surface area contributed by atoms with Crippen molar-refractivity contribution in [2.24, 2.45) is 5.92 Å². The second-order valence-corrected chi connectivity index (χ2v) is 7.09. The van der Waals surface area contributed by atoms with Gasteiger partial charge in [-0.25, -0.2) is 9.97 Å². The lowest BCUT2D eigenvalue weighted by atomic mass is 10.1. The van der Waals surface area contributed by atoms with E-state index in [0.29, 0.717) is 5.91 Å². The molecule has 1 N–H and O–H groups in total. The van der Waals surface area contributed by atoms with E-state index in [1.807, 2.05) is 17.0 Å². The third-order valence-electron chi connectivity index (χ3n) is 5.42. The number of rotatable bonds is 3. The highest BCUT2D eigenvalue weighted by Crippen LogP contribution is 2.29. The van der Waals surface area contributed by atoms with E-state index in [1.54, 1.807) is 6.33 Å². The topological polar surface area (TPSA) is 58.1 Å². The molecule has 2 aliphatic rings. The molecule has 1 amide bonds. The average Bonchev–Trinajstić information content (AvgIpc) is 3.26. The Morgan fingerprint density at radius 1 is 1.21 bits per heavy atom. The third kappa shape index (κ3) is 2.83. The van der Waals surface area contributed by atoms with Gasteiger partial charge in [-0.15, -0.1) is 0 Å². The summed E-state index contributed by atoms with van der Waals surface area (Å²) >= 11 is 0. The van der Waals surface area contributed by atoms with Crippen LogP contribution in [0.2, 0.25) is 0 Å². The van der Waals surface area contributed by atoms with E-state index in [-0.39, 0.29) is 12.0 Å². The van der Waals surface area contributed by atoms with Gasteiger partial charge in [0, 0.05) is 30.4 Å². The van der Waals surface area contributed by atoms with E-state index in [0.717, 1.165) is 49.1 Å². The first-order valence-corrected chi connectivity index (χ1v) is 8.98. The second-order valence-electron chi connectivity index (χ2n) is 7.09. The summed E-state index contributed by atoms with van der Waals surface area (Å²) in [6.45, 7) is 3.73. The van der Waals surface area contributed by atoms with Crippen molar-refractivity contribution in [3.05, 3.63) is 30.1 Å². The molecule has 1 aliphatic carbocycles. The predicted octanol–water partition coefficient (Wildman–Crippen LogP) is 3.14. The van der Waals surface area contributed by atoms with Crippen LogP contribution < -0.4 is 5.32 Å². The maximum atomic E-state index is 12.6. The number of likely N-dealkylation sites (tertiary alicyclic amines) is 1. The van der Waals surface area contributed by atoms with Crippen molar-refractivity contribution in [3.63, 3.8) is 0 Å². The van der Waals surface area contributed by atoms with Gasteiger partial charge in [0.15, 0.2) is 0 Å². The van der Waals surface area contributed by atoms with Crippen LogP contribution in [0.1, 0.15) is 37.7 Å². The van der Waals surface area contributed by atoms with Crippen LogP contribution in [0, 0.1) is 12.8 Å². The smallest absolute Gasteiger partial charge is 0.225 e. The lowest BCUT2D eigenvalue weighted by molar-refractivity contribution is -0.134. The van der Waals surface area contributed by atoms with E-state index < -0.39 is 0 Å². The number of aromatic nitrogens is 2. The maximum Gasteiger partial charge on any atom is 0.225 e. The van der Waals surface area contributed by atoms with Crippen molar-refractivity contribution in [1.29, 1.82) is 0 Å². The second kappa shape index (κ2) is 6.38. The van der Waals surface area contributed by atoms with Crippen molar-refractivity contribution < 1.29 is 4.79 Å². The first-order valence-electron chi connectivity index (χ1n) is 8.98. The highest BCUT2D eigenvalue weighted by Gasteiger charge is 2.32. The summed E-state index contributed by atoms with van der Waals surface area (Å²) in [4.78, 5) is 23.4. The molecule has 2 heterocycles. The molecular weight excluding hydrogens is 300 g/mol. The van der Waals surface area contributed by atoms with Crippen LogP contribution in [0.5, 0.6) is 0 Å². The average molecular weight is 324 g/mol. The van der Waals surface area contributed by atoms with Crippen LogP contribution in [0.25, 0.3) is 10.9 Å². The quantitative estimate of drug-likeness (QED) is 0.942. The zero-order chi connectivity index (χ0) is 16.5. The Hall–Kier alpha value is -2.17. The molecule has 0 radical (unpaired) electrons. The number of nitrogens with zero attached hydrogens (tertiary/aromatic N) is 3. The molecule has 1 aromatic carbocycles. The van der Waals surface area contributed by atoms with Crippen molar-refractivity contribution in [2.45, 2.75) is 45.1 Å². The lowest BCUT2D eigenvalue weighted by Gasteiger charge is -2.21. The van der Waals surface area contributed by atoms with Crippen LogP contribution in [-0.4, -0.2) is 39.9 Å². The molecule has 24 heavy (non-hydrogen) atoms. The largest absolute Gasteiger partial charge is 0.365 e. The van der Waals surface area contributed by atoms with Gasteiger partial charge >= 0.3 is 0 Å². The normalized spacial score (nSPS) is 21.5. The minimum atomic E-state index is 0.269. The van der Waals surface area contributed by atoms with Gasteiger partial charge in [0.1, 0.15) is 12.1 Å². The van der Waals surface area contributed by atoms with Crippen molar-refractivity contribution in [2.75, 3.05) is 18.4 Å². The number of amides is 1. The molecule has 2 aromatic rings. The Morgan fingerprint density at radius 2 is 2.04 bits per heavy atom. The molecule has 5 heteroatoms. The summed E-state index contributed by atoms with van der Waals surface area (Å²) in [6.07, 6.45) is 7.15. The molecule has 0 bridgehead atoms. The molecule has 2 fully saturated rings. The van der Waals surface area contributed by atoms with Gasteiger partial charge in [-0.1, -0.05) is 25.0 Å². The number of hydrogen-bond acceptors (Lipinski definition) is 4. The van der Waals surface area contributed by atoms with Crippen molar-refractivity contribution >= 4 is 22.6 Å². The Balaban J connectivity index is 1.48. The van der Waals surface area contributed by atoms with E-state index in [2.05, 4.69) is 28.3 Å². The summed E-state index contributed by atoms with van der Waals surface area (Å²) in [5.74, 6) is 1.52. The molecule has 1 aliphatic heterocycles. The number of carbonyl (C=O) groups is 1. The molecule has 1 atom stereocenters. The van der Waals surface area contributed by atoms with E-state index in [9.17, 15) is 4.79 Å². The fourth-order valence-corrected chi connectivity index (χ4v) is 4.09. The third-order valence-corrected chi connectivity index (χ3v) is 5.42. The SMILES string of the molecule is Cc1cccc2ncnc(NC3CCN(C(=O)C4CCCC4)C3)c12. The van der Waals surface area contributed by atoms with Crippen LogP contribution in [0.4, 0.5) is 5.82 Å². The van der Waals surface area contributed by atoms with Crippen LogP contribution >= 0.6 is 0 Å². The molecular formula is C19H24N4O. The van der Waals surface area contributed by atoms with Gasteiger partial charge in [0.05, 0.1) is 5.52 Å². The number of hydrogen-bond donors (Lipinski definition) is 1. The minimum absolute atomic E-state index is 0.269. The summed E-state index contributed by atoms with van der Waals surface area (Å²) < 4.78 is 0. The van der Waals surface area contributed by atoms with Crippen LogP contribution in [-0.2, 0) is 4.79 Å². The molecule has 1 unspecified atom stereocenters. The minimum Gasteiger partial charge on any atom is -0.365 e. The number of fused-ring (bicyclic) bond motifs is 1. The molecule has 126 valence electrons. The lowest BCUT2D eigenvalue weighted by Crippen LogP contribution is -2.35.